The summed E-state index contributed by atoms with van der Waals surface area (Å²) in [5.74, 6) is 1.09. The fourth-order valence-corrected chi connectivity index (χ4v) is 4.99. The number of amides is 1. The smallest absolute Gasteiger partial charge is 0.433 e. The topological polar surface area (TPSA) is 63.7 Å². The molecule has 1 amide bonds. The maximum absolute atomic E-state index is 13.2. The van der Waals surface area contributed by atoms with Crippen molar-refractivity contribution in [1.29, 1.82) is 0 Å². The Morgan fingerprint density at radius 1 is 1.11 bits per heavy atom. The normalized spacial score (nSPS) is 16.5. The molecule has 2 aromatic carbocycles. The van der Waals surface area contributed by atoms with E-state index in [1.54, 1.807) is 21.3 Å². The third kappa shape index (κ3) is 5.72. The second kappa shape index (κ2) is 11.2. The van der Waals surface area contributed by atoms with Crippen LogP contribution in [0.1, 0.15) is 46.5 Å². The molecule has 3 aromatic rings. The summed E-state index contributed by atoms with van der Waals surface area (Å²) in [7, 11) is 4.78. The quantitative estimate of drug-likeness (QED) is 0.452. The first-order valence-corrected chi connectivity index (χ1v) is 12.1. The Morgan fingerprint density at radius 3 is 2.41 bits per heavy atom. The molecule has 0 saturated heterocycles. The number of halogens is 3. The standard InChI is InChI=1S/C28H30F3N3O3/c1-32-27(35)26(19-7-5-4-6-8-19)34-14-13-20-15-23(36-2)24(37-3)16-21(20)22(34)11-9-18-10-12-25(33-17-18)28(29,30)31/h4-8,10,12,15-17,22,26H,9,11,13-14H2,1-3H3,(H,32,35)/t22-,26+/m0/s1. The Balaban J connectivity index is 1.73. The van der Waals surface area contributed by atoms with Crippen LogP contribution in [0.4, 0.5) is 13.2 Å². The lowest BCUT2D eigenvalue weighted by atomic mass is 9.86. The van der Waals surface area contributed by atoms with Crippen molar-refractivity contribution in [2.24, 2.45) is 0 Å². The number of ether oxygens (including phenoxy) is 2. The van der Waals surface area contributed by atoms with Crippen molar-refractivity contribution in [2.75, 3.05) is 27.8 Å². The second-order valence-corrected chi connectivity index (χ2v) is 8.93. The number of nitrogens with zero attached hydrogens (tertiary/aromatic N) is 2. The monoisotopic (exact) mass is 513 g/mol. The lowest BCUT2D eigenvalue weighted by Gasteiger charge is -2.42. The molecule has 0 radical (unpaired) electrons. The zero-order valence-electron chi connectivity index (χ0n) is 21.0. The molecule has 1 aromatic heterocycles. The minimum atomic E-state index is -4.48. The van der Waals surface area contributed by atoms with E-state index in [2.05, 4.69) is 15.2 Å². The number of hydrogen-bond donors (Lipinski definition) is 1. The molecule has 0 unspecified atom stereocenters. The van der Waals surface area contributed by atoms with Gasteiger partial charge < -0.3 is 14.8 Å². The highest BCUT2D eigenvalue weighted by atomic mass is 19.4. The summed E-state index contributed by atoms with van der Waals surface area (Å²) in [5.41, 5.74) is 2.74. The van der Waals surface area contributed by atoms with E-state index in [9.17, 15) is 18.0 Å². The van der Waals surface area contributed by atoms with Gasteiger partial charge in [-0.3, -0.25) is 14.7 Å². The number of pyridine rings is 1. The summed E-state index contributed by atoms with van der Waals surface area (Å²) in [5, 5.41) is 2.80. The number of aryl methyl sites for hydroxylation is 1. The van der Waals surface area contributed by atoms with Gasteiger partial charge in [-0.1, -0.05) is 36.4 Å². The fourth-order valence-electron chi connectivity index (χ4n) is 4.99. The third-order valence-corrected chi connectivity index (χ3v) is 6.81. The van der Waals surface area contributed by atoms with E-state index in [0.29, 0.717) is 42.9 Å². The number of rotatable bonds is 8. The van der Waals surface area contributed by atoms with Crippen LogP contribution >= 0.6 is 0 Å². The lowest BCUT2D eigenvalue weighted by molar-refractivity contribution is -0.141. The molecule has 37 heavy (non-hydrogen) atoms. The van der Waals surface area contributed by atoms with E-state index in [1.165, 1.54) is 12.3 Å². The summed E-state index contributed by atoms with van der Waals surface area (Å²) in [4.78, 5) is 19.0. The predicted octanol–water partition coefficient (Wildman–Crippen LogP) is 5.14. The van der Waals surface area contributed by atoms with Gasteiger partial charge in [0.25, 0.3) is 0 Å². The van der Waals surface area contributed by atoms with Crippen LogP contribution in [-0.2, 0) is 23.8 Å². The van der Waals surface area contributed by atoms with Crippen LogP contribution in [0.25, 0.3) is 0 Å². The van der Waals surface area contributed by atoms with Crippen molar-refractivity contribution in [3.63, 3.8) is 0 Å². The molecule has 0 bridgehead atoms. The van der Waals surface area contributed by atoms with Crippen LogP contribution in [0.5, 0.6) is 11.5 Å². The fraction of sp³-hybridized carbons (Fsp3) is 0.357. The van der Waals surface area contributed by atoms with E-state index in [1.807, 2.05) is 42.5 Å². The zero-order valence-corrected chi connectivity index (χ0v) is 21.0. The molecule has 2 atom stereocenters. The highest BCUT2D eigenvalue weighted by Crippen LogP contribution is 2.43. The third-order valence-electron chi connectivity index (χ3n) is 6.81. The molecule has 9 heteroatoms. The van der Waals surface area contributed by atoms with Gasteiger partial charge in [-0.2, -0.15) is 13.2 Å². The van der Waals surface area contributed by atoms with E-state index < -0.39 is 17.9 Å². The molecule has 0 fully saturated rings. The highest BCUT2D eigenvalue weighted by molar-refractivity contribution is 5.83. The zero-order chi connectivity index (χ0) is 26.6. The number of alkyl halides is 3. The summed E-state index contributed by atoms with van der Waals surface area (Å²) in [6.45, 7) is 0.616. The Kier molecular flexibility index (Phi) is 8.02. The lowest BCUT2D eigenvalue weighted by Crippen LogP contribution is -2.44. The van der Waals surface area contributed by atoms with Gasteiger partial charge in [0.2, 0.25) is 5.91 Å². The van der Waals surface area contributed by atoms with Crippen LogP contribution in [-0.4, -0.2) is 43.6 Å². The Morgan fingerprint density at radius 2 is 1.81 bits per heavy atom. The van der Waals surface area contributed by atoms with E-state index in [-0.39, 0.29) is 11.9 Å². The maximum atomic E-state index is 13.2. The maximum Gasteiger partial charge on any atom is 0.433 e. The molecule has 0 spiro atoms. The average molecular weight is 514 g/mol. The average Bonchev–Trinajstić information content (AvgIpc) is 2.91. The Labute approximate surface area is 214 Å². The predicted molar refractivity (Wildman–Crippen MR) is 134 cm³/mol. The first-order valence-electron chi connectivity index (χ1n) is 12.1. The van der Waals surface area contributed by atoms with Gasteiger partial charge >= 0.3 is 6.18 Å². The SMILES string of the molecule is CNC(=O)[C@@H](c1ccccc1)N1CCc2cc(OC)c(OC)cc2[C@@H]1CCc1ccc(C(F)(F)F)nc1. The number of hydrogen-bond acceptors (Lipinski definition) is 5. The Bertz CT molecular complexity index is 1220. The summed E-state index contributed by atoms with van der Waals surface area (Å²) in [6.07, 6.45) is -1.46. The number of carbonyl (C=O) groups excluding carboxylic acids is 1. The van der Waals surface area contributed by atoms with Crippen molar-refractivity contribution < 1.29 is 27.4 Å². The van der Waals surface area contributed by atoms with Crippen molar-refractivity contribution in [2.45, 2.75) is 37.5 Å². The molecular weight excluding hydrogens is 483 g/mol. The van der Waals surface area contributed by atoms with Gasteiger partial charge in [0.1, 0.15) is 11.7 Å². The molecule has 6 nitrogen and oxygen atoms in total. The number of fused-ring (bicyclic) bond motifs is 1. The van der Waals surface area contributed by atoms with Gasteiger partial charge in [-0.05, 0) is 59.7 Å². The first kappa shape index (κ1) is 26.5. The van der Waals surface area contributed by atoms with Crippen LogP contribution in [0, 0.1) is 0 Å². The van der Waals surface area contributed by atoms with Crippen molar-refractivity contribution in [3.05, 3.63) is 88.7 Å². The number of nitrogens with one attached hydrogen (secondary N) is 1. The van der Waals surface area contributed by atoms with Crippen molar-refractivity contribution in [1.82, 2.24) is 15.2 Å². The molecule has 0 aliphatic carbocycles. The Hall–Kier alpha value is -3.59. The summed E-state index contributed by atoms with van der Waals surface area (Å²) in [6, 6.07) is 15.2. The number of methoxy groups -OCH3 is 2. The molecule has 2 heterocycles. The molecule has 196 valence electrons. The van der Waals surface area contributed by atoms with Gasteiger partial charge in [0.05, 0.1) is 14.2 Å². The van der Waals surface area contributed by atoms with Gasteiger partial charge in [0, 0.05) is 25.8 Å². The van der Waals surface area contributed by atoms with E-state index in [4.69, 9.17) is 9.47 Å². The molecule has 1 N–H and O–H groups in total. The van der Waals surface area contributed by atoms with Crippen LogP contribution in [0.3, 0.4) is 0 Å². The number of carbonyl (C=O) groups is 1. The number of benzene rings is 2. The van der Waals surface area contributed by atoms with E-state index in [0.717, 1.165) is 22.8 Å². The molecule has 1 aliphatic heterocycles. The minimum absolute atomic E-state index is 0.128. The van der Waals surface area contributed by atoms with Crippen LogP contribution in [0.2, 0.25) is 0 Å². The van der Waals surface area contributed by atoms with Crippen LogP contribution in [0.15, 0.2) is 60.8 Å². The van der Waals surface area contributed by atoms with Crippen molar-refractivity contribution in [3.8, 4) is 11.5 Å². The minimum Gasteiger partial charge on any atom is -0.493 e. The van der Waals surface area contributed by atoms with Crippen molar-refractivity contribution >= 4 is 5.91 Å². The molecular formula is C28H30F3N3O3. The van der Waals surface area contributed by atoms with Gasteiger partial charge in [0.15, 0.2) is 11.5 Å². The van der Waals surface area contributed by atoms with E-state index >= 15 is 0 Å². The van der Waals surface area contributed by atoms with Gasteiger partial charge in [-0.25, -0.2) is 0 Å². The molecule has 4 rings (SSSR count). The number of aromatic nitrogens is 1. The van der Waals surface area contributed by atoms with Crippen LogP contribution < -0.4 is 14.8 Å². The summed E-state index contributed by atoms with van der Waals surface area (Å²) >= 11 is 0. The molecule has 0 saturated carbocycles. The van der Waals surface area contributed by atoms with Gasteiger partial charge in [-0.15, -0.1) is 0 Å². The molecule has 1 aliphatic rings. The number of likely N-dealkylation sites (N-methyl/N-ethyl adjacent to an activating group) is 1. The second-order valence-electron chi connectivity index (χ2n) is 8.93. The summed E-state index contributed by atoms with van der Waals surface area (Å²) < 4.78 is 50.0. The largest absolute Gasteiger partial charge is 0.493 e. The first-order chi connectivity index (χ1) is 17.8. The highest BCUT2D eigenvalue weighted by Gasteiger charge is 2.37.